The first-order valence-corrected chi connectivity index (χ1v) is 8.65. The average molecular weight is 317 g/mol. The van der Waals surface area contributed by atoms with Crippen LogP contribution in [0, 0.1) is 0 Å². The molecule has 2 N–H and O–H groups in total. The summed E-state index contributed by atoms with van der Waals surface area (Å²) in [5, 5.41) is 7.82. The Bertz CT molecular complexity index is 752. The third kappa shape index (κ3) is 2.86. The van der Waals surface area contributed by atoms with Gasteiger partial charge in [-0.05, 0) is 40.3 Å². The fraction of sp³-hybridized carbons (Fsp3) is 0.375. The maximum Gasteiger partial charge on any atom is 0.0857 e. The lowest BCUT2D eigenvalue weighted by Crippen LogP contribution is -2.20. The minimum Gasteiger partial charge on any atom is -0.323 e. The van der Waals surface area contributed by atoms with E-state index >= 15 is 0 Å². The first-order valence-electron chi connectivity index (χ1n) is 7.00. The van der Waals surface area contributed by atoms with E-state index in [2.05, 4.69) is 60.0 Å². The molecule has 110 valence electrons. The van der Waals surface area contributed by atoms with Gasteiger partial charge >= 0.3 is 0 Å². The van der Waals surface area contributed by atoms with E-state index in [9.17, 15) is 0 Å². The molecular weight excluding hydrogens is 298 g/mol. The zero-order chi connectivity index (χ0) is 15.0. The maximum absolute atomic E-state index is 6.45. The quantitative estimate of drug-likeness (QED) is 0.784. The van der Waals surface area contributed by atoms with Crippen LogP contribution in [0.4, 0.5) is 0 Å². The molecule has 0 saturated heterocycles. The lowest BCUT2D eigenvalue weighted by atomic mass is 9.89. The molecule has 3 nitrogen and oxygen atoms in total. The van der Waals surface area contributed by atoms with Crippen LogP contribution in [0.25, 0.3) is 10.1 Å². The highest BCUT2D eigenvalue weighted by atomic mass is 32.1. The molecule has 2 aromatic heterocycles. The van der Waals surface area contributed by atoms with Crippen molar-refractivity contribution in [3.8, 4) is 0 Å². The summed E-state index contributed by atoms with van der Waals surface area (Å²) in [6.45, 7) is 6.46. The standard InChI is InChI=1S/C16H19N3S2/c1-16(2,3)15-14(21-19-18-15)12(17)8-10-9-20-13-7-5-4-6-11(10)13/h4-7,9,12H,8,17H2,1-3H3. The Balaban J connectivity index is 1.90. The van der Waals surface area contributed by atoms with Gasteiger partial charge in [-0.25, -0.2) is 0 Å². The number of nitrogens with zero attached hydrogens (tertiary/aromatic N) is 2. The van der Waals surface area contributed by atoms with Crippen LogP contribution in [0.5, 0.6) is 0 Å². The van der Waals surface area contributed by atoms with Gasteiger partial charge in [0.15, 0.2) is 0 Å². The molecule has 21 heavy (non-hydrogen) atoms. The van der Waals surface area contributed by atoms with Crippen molar-refractivity contribution >= 4 is 33.0 Å². The van der Waals surface area contributed by atoms with E-state index in [4.69, 9.17) is 5.73 Å². The molecule has 3 aromatic rings. The van der Waals surface area contributed by atoms with E-state index in [-0.39, 0.29) is 11.5 Å². The number of hydrogen-bond acceptors (Lipinski definition) is 5. The fourth-order valence-corrected chi connectivity index (χ4v) is 4.32. The zero-order valence-electron chi connectivity index (χ0n) is 12.5. The van der Waals surface area contributed by atoms with E-state index < -0.39 is 0 Å². The third-order valence-electron chi connectivity index (χ3n) is 3.56. The SMILES string of the molecule is CC(C)(C)c1nnsc1C(N)Cc1csc2ccccc12. The third-order valence-corrected chi connectivity index (χ3v) is 5.43. The topological polar surface area (TPSA) is 51.8 Å². The Labute approximate surface area is 133 Å². The molecule has 0 fully saturated rings. The molecule has 5 heteroatoms. The number of fused-ring (bicyclic) bond motifs is 1. The highest BCUT2D eigenvalue weighted by Crippen LogP contribution is 2.33. The summed E-state index contributed by atoms with van der Waals surface area (Å²) >= 11 is 3.21. The molecule has 1 unspecified atom stereocenters. The molecule has 1 aromatic carbocycles. The first-order chi connectivity index (χ1) is 9.97. The summed E-state index contributed by atoms with van der Waals surface area (Å²) in [4.78, 5) is 1.11. The predicted octanol–water partition coefficient (Wildman–Crippen LogP) is 4.29. The van der Waals surface area contributed by atoms with Crippen LogP contribution in [-0.2, 0) is 11.8 Å². The van der Waals surface area contributed by atoms with Crippen molar-refractivity contribution in [2.75, 3.05) is 0 Å². The molecule has 2 heterocycles. The van der Waals surface area contributed by atoms with Gasteiger partial charge in [-0.1, -0.05) is 43.5 Å². The molecule has 3 rings (SSSR count). The Morgan fingerprint density at radius 2 is 2.00 bits per heavy atom. The second-order valence-corrected chi connectivity index (χ2v) is 8.00. The number of aromatic nitrogens is 2. The van der Waals surface area contributed by atoms with Gasteiger partial charge in [0, 0.05) is 16.2 Å². The lowest BCUT2D eigenvalue weighted by molar-refractivity contribution is 0.550. The largest absolute Gasteiger partial charge is 0.323 e. The minimum atomic E-state index is -0.0442. The minimum absolute atomic E-state index is 0.0172. The van der Waals surface area contributed by atoms with Crippen LogP contribution in [0.1, 0.15) is 42.9 Å². The van der Waals surface area contributed by atoms with Gasteiger partial charge in [-0.3, -0.25) is 0 Å². The molecule has 0 saturated carbocycles. The van der Waals surface area contributed by atoms with Crippen molar-refractivity contribution in [3.05, 3.63) is 45.8 Å². The van der Waals surface area contributed by atoms with E-state index in [1.54, 1.807) is 11.3 Å². The summed E-state index contributed by atoms with van der Waals surface area (Å²) < 4.78 is 5.43. The normalized spacial score (nSPS) is 13.7. The number of thiophene rings is 1. The molecule has 1 atom stereocenters. The lowest BCUT2D eigenvalue weighted by Gasteiger charge is -2.19. The Morgan fingerprint density at radius 3 is 2.76 bits per heavy atom. The van der Waals surface area contributed by atoms with Gasteiger partial charge in [0.25, 0.3) is 0 Å². The van der Waals surface area contributed by atoms with E-state index in [0.29, 0.717) is 0 Å². The Kier molecular flexibility index (Phi) is 3.82. The van der Waals surface area contributed by atoms with Crippen molar-refractivity contribution in [1.29, 1.82) is 0 Å². The summed E-state index contributed by atoms with van der Waals surface area (Å²) in [6, 6.07) is 8.44. The van der Waals surface area contributed by atoms with Crippen LogP contribution in [0.2, 0.25) is 0 Å². The Hall–Kier alpha value is -1.30. The van der Waals surface area contributed by atoms with Crippen molar-refractivity contribution in [3.63, 3.8) is 0 Å². The number of nitrogens with two attached hydrogens (primary N) is 1. The van der Waals surface area contributed by atoms with E-state index in [1.807, 2.05) is 0 Å². The van der Waals surface area contributed by atoms with Crippen LogP contribution < -0.4 is 5.73 Å². The van der Waals surface area contributed by atoms with Gasteiger partial charge in [0.05, 0.1) is 10.6 Å². The summed E-state index contributed by atoms with van der Waals surface area (Å²) in [7, 11) is 0. The Morgan fingerprint density at radius 1 is 1.24 bits per heavy atom. The van der Waals surface area contributed by atoms with Gasteiger partial charge in [0.2, 0.25) is 0 Å². The number of rotatable bonds is 3. The summed E-state index contributed by atoms with van der Waals surface area (Å²) in [5.74, 6) is 0. The van der Waals surface area contributed by atoms with Crippen molar-refractivity contribution < 1.29 is 0 Å². The molecule has 0 radical (unpaired) electrons. The van der Waals surface area contributed by atoms with Crippen LogP contribution in [-0.4, -0.2) is 9.59 Å². The van der Waals surface area contributed by atoms with Crippen LogP contribution >= 0.6 is 22.9 Å². The molecule has 0 bridgehead atoms. The smallest absolute Gasteiger partial charge is 0.0857 e. The van der Waals surface area contributed by atoms with Crippen molar-refractivity contribution in [1.82, 2.24) is 9.59 Å². The van der Waals surface area contributed by atoms with Gasteiger partial charge in [-0.15, -0.1) is 16.4 Å². The second-order valence-electron chi connectivity index (χ2n) is 6.30. The monoisotopic (exact) mass is 317 g/mol. The average Bonchev–Trinajstić information content (AvgIpc) is 3.05. The molecule has 0 aliphatic heterocycles. The van der Waals surface area contributed by atoms with E-state index in [1.165, 1.54) is 27.2 Å². The van der Waals surface area contributed by atoms with Crippen molar-refractivity contribution in [2.24, 2.45) is 5.73 Å². The molecular formula is C16H19N3S2. The fourth-order valence-electron chi connectivity index (χ4n) is 2.48. The molecule has 0 spiro atoms. The molecule has 0 aliphatic rings. The van der Waals surface area contributed by atoms with Crippen LogP contribution in [0.3, 0.4) is 0 Å². The molecule has 0 aliphatic carbocycles. The number of hydrogen-bond donors (Lipinski definition) is 1. The van der Waals surface area contributed by atoms with Gasteiger partial charge in [-0.2, -0.15) is 0 Å². The summed E-state index contributed by atoms with van der Waals surface area (Å²) in [6.07, 6.45) is 0.830. The summed E-state index contributed by atoms with van der Waals surface area (Å²) in [5.41, 5.74) is 8.78. The number of benzene rings is 1. The van der Waals surface area contributed by atoms with E-state index in [0.717, 1.165) is 17.0 Å². The van der Waals surface area contributed by atoms with Gasteiger partial charge in [0.1, 0.15) is 0 Å². The van der Waals surface area contributed by atoms with Crippen LogP contribution in [0.15, 0.2) is 29.6 Å². The zero-order valence-corrected chi connectivity index (χ0v) is 14.1. The van der Waals surface area contributed by atoms with Crippen molar-refractivity contribution in [2.45, 2.75) is 38.6 Å². The predicted molar refractivity (Wildman–Crippen MR) is 91.1 cm³/mol. The highest BCUT2D eigenvalue weighted by molar-refractivity contribution is 7.17. The first kappa shape index (κ1) is 14.6. The maximum atomic E-state index is 6.45. The molecule has 0 amide bonds. The second kappa shape index (κ2) is 5.48. The highest BCUT2D eigenvalue weighted by Gasteiger charge is 2.26. The van der Waals surface area contributed by atoms with Gasteiger partial charge < -0.3 is 5.73 Å².